The number of hydrogen-bond acceptors (Lipinski definition) is 6. The third-order valence-electron chi connectivity index (χ3n) is 8.12. The summed E-state index contributed by atoms with van der Waals surface area (Å²) >= 11 is 0. The Bertz CT molecular complexity index is 967. The van der Waals surface area contributed by atoms with Crippen molar-refractivity contribution < 1.29 is 23.9 Å². The van der Waals surface area contributed by atoms with Crippen LogP contribution in [-0.4, -0.2) is 91.4 Å². The van der Waals surface area contributed by atoms with E-state index in [0.717, 1.165) is 57.5 Å². The quantitative estimate of drug-likeness (QED) is 0.361. The van der Waals surface area contributed by atoms with Crippen LogP contribution >= 0.6 is 0 Å². The second kappa shape index (κ2) is 13.2. The predicted octanol–water partition coefficient (Wildman–Crippen LogP) is 0.589. The van der Waals surface area contributed by atoms with Gasteiger partial charge in [0.25, 0.3) is 0 Å². The van der Waals surface area contributed by atoms with E-state index < -0.39 is 23.3 Å². The Morgan fingerprint density at radius 1 is 1.03 bits per heavy atom. The normalized spacial score (nSPS) is 22.1. The first-order valence-corrected chi connectivity index (χ1v) is 13.9. The van der Waals surface area contributed by atoms with Gasteiger partial charge in [-0.1, -0.05) is 43.2 Å². The number of piperazine rings is 1. The molecule has 2 heterocycles. The fourth-order valence-electron chi connectivity index (χ4n) is 5.75. The van der Waals surface area contributed by atoms with E-state index in [1.165, 1.54) is 0 Å². The van der Waals surface area contributed by atoms with E-state index in [2.05, 4.69) is 15.5 Å². The smallest absolute Gasteiger partial charge is 0.242 e. The lowest BCUT2D eigenvalue weighted by atomic mass is 9.84. The first-order valence-electron chi connectivity index (χ1n) is 13.9. The number of carbonyl (C=O) groups excluding carboxylic acids is 4. The van der Waals surface area contributed by atoms with Gasteiger partial charge in [-0.25, -0.2) is 0 Å². The van der Waals surface area contributed by atoms with E-state index in [1.54, 1.807) is 0 Å². The number of carbonyl (C=O) groups is 4. The number of nitrogens with one attached hydrogen (secondary N) is 2. The second-order valence-corrected chi connectivity index (χ2v) is 10.7. The molecule has 2 aliphatic heterocycles. The van der Waals surface area contributed by atoms with Gasteiger partial charge >= 0.3 is 0 Å². The van der Waals surface area contributed by atoms with Crippen LogP contribution in [-0.2, 0) is 30.3 Å². The zero-order chi connectivity index (χ0) is 27.0. The van der Waals surface area contributed by atoms with Gasteiger partial charge in [0.15, 0.2) is 0 Å². The molecule has 0 spiro atoms. The summed E-state index contributed by atoms with van der Waals surface area (Å²) in [7, 11) is 0. The van der Waals surface area contributed by atoms with Crippen molar-refractivity contribution in [2.45, 2.75) is 63.5 Å². The molecule has 2 saturated heterocycles. The maximum atomic E-state index is 13.2. The molecule has 0 unspecified atom stereocenters. The van der Waals surface area contributed by atoms with Crippen molar-refractivity contribution in [3.63, 3.8) is 0 Å². The summed E-state index contributed by atoms with van der Waals surface area (Å²) in [5.41, 5.74) is 5.23. The maximum absolute atomic E-state index is 13.2. The van der Waals surface area contributed by atoms with E-state index in [9.17, 15) is 19.2 Å². The van der Waals surface area contributed by atoms with Crippen LogP contribution in [0, 0.1) is 5.41 Å². The predicted molar refractivity (Wildman–Crippen MR) is 142 cm³/mol. The summed E-state index contributed by atoms with van der Waals surface area (Å²) in [5.74, 6) is -1.51. The zero-order valence-electron chi connectivity index (χ0n) is 22.2. The minimum atomic E-state index is -1.27. The first kappa shape index (κ1) is 28.0. The molecule has 0 radical (unpaired) electrons. The highest BCUT2D eigenvalue weighted by Crippen LogP contribution is 2.38. The molecule has 10 nitrogen and oxygen atoms in total. The second-order valence-electron chi connectivity index (χ2n) is 10.7. The van der Waals surface area contributed by atoms with Gasteiger partial charge in [-0.15, -0.1) is 0 Å². The van der Waals surface area contributed by atoms with Crippen LogP contribution in [0.2, 0.25) is 0 Å². The minimum absolute atomic E-state index is 0.00403. The molecule has 38 heavy (non-hydrogen) atoms. The number of rotatable bonds is 11. The minimum Gasteiger partial charge on any atom is -0.377 e. The van der Waals surface area contributed by atoms with Crippen molar-refractivity contribution in [3.05, 3.63) is 35.9 Å². The number of nitrogens with two attached hydrogens (primary N) is 1. The van der Waals surface area contributed by atoms with Crippen LogP contribution in [0.25, 0.3) is 0 Å². The summed E-state index contributed by atoms with van der Waals surface area (Å²) in [5, 5.41) is 5.63. The van der Waals surface area contributed by atoms with Gasteiger partial charge in [-0.05, 0) is 31.2 Å². The number of hydrogen-bond donors (Lipinski definition) is 3. The lowest BCUT2D eigenvalue weighted by Crippen LogP contribution is -2.55. The lowest BCUT2D eigenvalue weighted by molar-refractivity contribution is -0.143. The molecule has 0 aromatic heterocycles. The molecule has 4 amide bonds. The molecule has 10 heteroatoms. The highest BCUT2D eigenvalue weighted by Gasteiger charge is 2.47. The van der Waals surface area contributed by atoms with E-state index >= 15 is 0 Å². The van der Waals surface area contributed by atoms with E-state index in [4.69, 9.17) is 10.5 Å². The van der Waals surface area contributed by atoms with Crippen molar-refractivity contribution in [1.82, 2.24) is 20.4 Å². The van der Waals surface area contributed by atoms with Gasteiger partial charge in [-0.2, -0.15) is 0 Å². The number of ether oxygens (including phenoxy) is 1. The Kier molecular flexibility index (Phi) is 9.74. The molecule has 1 aliphatic carbocycles. The van der Waals surface area contributed by atoms with Gasteiger partial charge in [0.1, 0.15) is 11.5 Å². The Morgan fingerprint density at radius 2 is 1.74 bits per heavy atom. The maximum Gasteiger partial charge on any atom is 0.242 e. The molecule has 1 saturated carbocycles. The molecule has 4 N–H and O–H groups in total. The van der Waals surface area contributed by atoms with Gasteiger partial charge in [0.05, 0.1) is 6.10 Å². The molecule has 2 atom stereocenters. The molecule has 0 bridgehead atoms. The fraction of sp³-hybridized carbons (Fsp3) is 0.643. The van der Waals surface area contributed by atoms with E-state index in [0.29, 0.717) is 32.0 Å². The van der Waals surface area contributed by atoms with Crippen LogP contribution in [0.15, 0.2) is 30.3 Å². The number of nitrogens with zero attached hydrogens (tertiary/aromatic N) is 2. The Hall–Kier alpha value is -2.98. The van der Waals surface area contributed by atoms with Crippen LogP contribution < -0.4 is 16.4 Å². The Balaban J connectivity index is 1.27. The van der Waals surface area contributed by atoms with Crippen molar-refractivity contribution >= 4 is 23.6 Å². The Labute approximate surface area is 224 Å². The summed E-state index contributed by atoms with van der Waals surface area (Å²) in [6, 6.07) is 8.51. The van der Waals surface area contributed by atoms with E-state index in [-0.39, 0.29) is 31.2 Å². The first-order chi connectivity index (χ1) is 18.4. The molecular formula is C28H41N5O5. The monoisotopic (exact) mass is 527 g/mol. The van der Waals surface area contributed by atoms with Gasteiger partial charge < -0.3 is 26.0 Å². The van der Waals surface area contributed by atoms with Gasteiger partial charge in [0, 0.05) is 58.7 Å². The number of benzene rings is 1. The molecule has 4 rings (SSSR count). The summed E-state index contributed by atoms with van der Waals surface area (Å²) in [4.78, 5) is 55.5. The molecule has 208 valence electrons. The topological polar surface area (TPSA) is 134 Å². The van der Waals surface area contributed by atoms with Gasteiger partial charge in [0.2, 0.25) is 23.6 Å². The number of primary amides is 1. The summed E-state index contributed by atoms with van der Waals surface area (Å²) < 4.78 is 5.72. The third-order valence-corrected chi connectivity index (χ3v) is 8.12. The van der Waals surface area contributed by atoms with Crippen molar-refractivity contribution in [2.75, 3.05) is 45.9 Å². The average molecular weight is 528 g/mol. The third kappa shape index (κ3) is 7.11. The standard InChI is InChI=1S/C28H41N5O5/c29-26(36)28(11-4-5-12-28)27(37)31-23(19-21-7-2-1-3-8-21)25(35)30-13-10-24(34)33-16-14-32(15-17-33)20-22-9-6-18-38-22/h1-3,7-8,22-23H,4-6,9-20H2,(H2,29,36)(H,30,35)(H,31,37)/t22-,23-/m1/s1. The molecule has 1 aromatic rings. The lowest BCUT2D eigenvalue weighted by Gasteiger charge is -2.35. The Morgan fingerprint density at radius 3 is 2.37 bits per heavy atom. The fourth-order valence-corrected chi connectivity index (χ4v) is 5.75. The molecule has 3 aliphatic rings. The van der Waals surface area contributed by atoms with Crippen LogP contribution in [0.3, 0.4) is 0 Å². The SMILES string of the molecule is NC(=O)C1(C(=O)N[C@H](Cc2ccccc2)C(=O)NCCC(=O)N2CCN(C[C@H]3CCCO3)CC2)CCCC1. The molecule has 3 fully saturated rings. The summed E-state index contributed by atoms with van der Waals surface area (Å²) in [6.07, 6.45) is 5.27. The highest BCUT2D eigenvalue weighted by atomic mass is 16.5. The van der Waals surface area contributed by atoms with Crippen molar-refractivity contribution in [2.24, 2.45) is 11.1 Å². The number of amides is 4. The van der Waals surface area contributed by atoms with Crippen molar-refractivity contribution in [1.29, 1.82) is 0 Å². The molecule has 1 aromatic carbocycles. The van der Waals surface area contributed by atoms with Crippen LogP contribution in [0.4, 0.5) is 0 Å². The highest BCUT2D eigenvalue weighted by molar-refractivity contribution is 6.05. The van der Waals surface area contributed by atoms with E-state index in [1.807, 2.05) is 35.2 Å². The largest absolute Gasteiger partial charge is 0.377 e. The molecular weight excluding hydrogens is 486 g/mol. The summed E-state index contributed by atoms with van der Waals surface area (Å²) in [6.45, 7) is 4.93. The van der Waals surface area contributed by atoms with Crippen molar-refractivity contribution in [3.8, 4) is 0 Å². The zero-order valence-corrected chi connectivity index (χ0v) is 22.2. The average Bonchev–Trinajstić information content (AvgIpc) is 3.62. The van der Waals surface area contributed by atoms with Crippen LogP contribution in [0.5, 0.6) is 0 Å². The van der Waals surface area contributed by atoms with Gasteiger partial charge in [-0.3, -0.25) is 24.1 Å². The van der Waals surface area contributed by atoms with Crippen LogP contribution in [0.1, 0.15) is 50.5 Å².